The van der Waals surface area contributed by atoms with E-state index >= 15 is 0 Å². The van der Waals surface area contributed by atoms with E-state index in [-0.39, 0.29) is 32.0 Å². The monoisotopic (exact) mass is 727 g/mol. The summed E-state index contributed by atoms with van der Waals surface area (Å²) in [5.41, 5.74) is 0. The van der Waals surface area contributed by atoms with Crippen molar-refractivity contribution in [3.05, 3.63) is 24.3 Å². The van der Waals surface area contributed by atoms with Gasteiger partial charge in [-0.25, -0.2) is 0 Å². The molecule has 0 aromatic carbocycles. The summed E-state index contributed by atoms with van der Waals surface area (Å²) in [6, 6.07) is 0. The van der Waals surface area contributed by atoms with Crippen LogP contribution in [0.1, 0.15) is 168 Å². The van der Waals surface area contributed by atoms with Crippen molar-refractivity contribution in [3.8, 4) is 0 Å². The molecule has 1 saturated heterocycles. The Labute approximate surface area is 309 Å². The van der Waals surface area contributed by atoms with Crippen LogP contribution in [0, 0.1) is 0 Å². The summed E-state index contributed by atoms with van der Waals surface area (Å²) in [5, 5.41) is 39.9. The molecule has 4 N–H and O–H groups in total. The van der Waals surface area contributed by atoms with Crippen molar-refractivity contribution in [2.75, 3.05) is 19.8 Å². The molecule has 1 fully saturated rings. The number of ether oxygens (including phenoxy) is 4. The second-order valence-electron chi connectivity index (χ2n) is 14.1. The third kappa shape index (κ3) is 24.9. The number of aliphatic hydroxyl groups excluding tert-OH is 4. The van der Waals surface area contributed by atoms with Crippen molar-refractivity contribution in [1.29, 1.82) is 0 Å². The largest absolute Gasteiger partial charge is 0.462 e. The van der Waals surface area contributed by atoms with Crippen LogP contribution in [0.5, 0.6) is 0 Å². The third-order valence-corrected chi connectivity index (χ3v) is 9.34. The lowest BCUT2D eigenvalue weighted by molar-refractivity contribution is -0.305. The van der Waals surface area contributed by atoms with Crippen LogP contribution in [0.15, 0.2) is 24.3 Å². The maximum Gasteiger partial charge on any atom is 0.306 e. The molecule has 0 amide bonds. The molecule has 2 unspecified atom stereocenters. The molecule has 1 aliphatic rings. The van der Waals surface area contributed by atoms with E-state index in [1.54, 1.807) is 0 Å². The number of carbonyl (C=O) groups is 2. The fourth-order valence-electron chi connectivity index (χ4n) is 6.04. The Bertz CT molecular complexity index is 892. The number of hydrogen-bond acceptors (Lipinski definition) is 10. The fourth-order valence-corrected chi connectivity index (χ4v) is 6.04. The second kappa shape index (κ2) is 32.8. The van der Waals surface area contributed by atoms with Crippen LogP contribution >= 0.6 is 0 Å². The smallest absolute Gasteiger partial charge is 0.306 e. The highest BCUT2D eigenvalue weighted by Gasteiger charge is 2.44. The van der Waals surface area contributed by atoms with E-state index < -0.39 is 49.4 Å². The first-order valence-electron chi connectivity index (χ1n) is 20.4. The van der Waals surface area contributed by atoms with E-state index in [9.17, 15) is 30.0 Å². The maximum atomic E-state index is 12.7. The number of carbonyl (C=O) groups excluding carboxylic acids is 2. The van der Waals surface area contributed by atoms with Crippen LogP contribution < -0.4 is 0 Å². The average molecular weight is 727 g/mol. The van der Waals surface area contributed by atoms with E-state index in [0.717, 1.165) is 57.8 Å². The molecule has 0 aromatic rings. The zero-order valence-corrected chi connectivity index (χ0v) is 32.1. The van der Waals surface area contributed by atoms with Gasteiger partial charge < -0.3 is 39.4 Å². The molecule has 1 rings (SSSR count). The van der Waals surface area contributed by atoms with Crippen LogP contribution in [0.4, 0.5) is 0 Å². The molecule has 0 radical (unpaired) electrons. The predicted molar refractivity (Wildman–Crippen MR) is 201 cm³/mol. The van der Waals surface area contributed by atoms with Crippen LogP contribution in [0.2, 0.25) is 0 Å². The minimum absolute atomic E-state index is 0.216. The Morgan fingerprint density at radius 1 is 0.608 bits per heavy atom. The summed E-state index contributed by atoms with van der Waals surface area (Å²) < 4.78 is 22.1. The molecular weight excluding hydrogens is 652 g/mol. The first kappa shape index (κ1) is 47.2. The summed E-state index contributed by atoms with van der Waals surface area (Å²) in [7, 11) is 0. The molecule has 298 valence electrons. The first-order chi connectivity index (χ1) is 24.8. The standard InChI is InChI=1S/C41H74O10/c1-3-5-7-9-11-13-15-16-17-18-20-22-24-26-28-30-37(44)50-34(33-49-41-40(47)39(46)38(45)35(31-42)51-41)32-48-36(43)29-27-25-23-21-19-14-12-10-8-6-4-2/h11,13,16-17,34-35,38-42,45-47H,3-10,12,14-15,18-33H2,1-2H3/b13-11+,17-16+/t34-,35-,38+,39?,40?,41-/m1/s1. The minimum Gasteiger partial charge on any atom is -0.462 e. The summed E-state index contributed by atoms with van der Waals surface area (Å²) >= 11 is 0. The van der Waals surface area contributed by atoms with Crippen LogP contribution in [-0.2, 0) is 28.5 Å². The molecule has 1 aliphatic heterocycles. The van der Waals surface area contributed by atoms with Crippen molar-refractivity contribution >= 4 is 11.9 Å². The molecule has 0 saturated carbocycles. The number of allylic oxidation sites excluding steroid dienone is 4. The van der Waals surface area contributed by atoms with Gasteiger partial charge in [-0.15, -0.1) is 0 Å². The van der Waals surface area contributed by atoms with Gasteiger partial charge in [0.15, 0.2) is 12.4 Å². The number of esters is 2. The lowest BCUT2D eigenvalue weighted by atomic mass is 9.99. The molecule has 51 heavy (non-hydrogen) atoms. The topological polar surface area (TPSA) is 152 Å². The van der Waals surface area contributed by atoms with Crippen LogP contribution in [0.25, 0.3) is 0 Å². The van der Waals surface area contributed by atoms with Crippen molar-refractivity contribution in [2.45, 2.75) is 205 Å². The van der Waals surface area contributed by atoms with Gasteiger partial charge in [0.25, 0.3) is 0 Å². The van der Waals surface area contributed by atoms with Gasteiger partial charge in [0, 0.05) is 12.8 Å². The number of hydrogen-bond donors (Lipinski definition) is 4. The second-order valence-corrected chi connectivity index (χ2v) is 14.1. The summed E-state index contributed by atoms with van der Waals surface area (Å²) in [6.07, 6.45) is 26.1. The quantitative estimate of drug-likeness (QED) is 0.0300. The zero-order chi connectivity index (χ0) is 37.4. The van der Waals surface area contributed by atoms with E-state index in [2.05, 4.69) is 38.2 Å². The van der Waals surface area contributed by atoms with Gasteiger partial charge in [0.2, 0.25) is 0 Å². The zero-order valence-electron chi connectivity index (χ0n) is 32.1. The van der Waals surface area contributed by atoms with E-state index in [1.165, 1.54) is 77.0 Å². The minimum atomic E-state index is -1.59. The number of aliphatic hydroxyl groups is 4. The first-order valence-corrected chi connectivity index (χ1v) is 20.4. The molecule has 10 nitrogen and oxygen atoms in total. The highest BCUT2D eigenvalue weighted by molar-refractivity contribution is 5.70. The Morgan fingerprint density at radius 2 is 1.10 bits per heavy atom. The number of rotatable bonds is 33. The van der Waals surface area contributed by atoms with Gasteiger partial charge in [-0.05, 0) is 44.9 Å². The van der Waals surface area contributed by atoms with E-state index in [1.807, 2.05) is 0 Å². The van der Waals surface area contributed by atoms with Gasteiger partial charge in [0.05, 0.1) is 13.2 Å². The Kier molecular flexibility index (Phi) is 30.4. The normalized spacial score (nSPS) is 21.4. The van der Waals surface area contributed by atoms with Crippen molar-refractivity contribution < 1.29 is 49.0 Å². The molecule has 0 bridgehead atoms. The molecule has 0 spiro atoms. The lowest BCUT2D eigenvalue weighted by Gasteiger charge is -2.39. The Morgan fingerprint density at radius 3 is 1.67 bits per heavy atom. The highest BCUT2D eigenvalue weighted by Crippen LogP contribution is 2.22. The van der Waals surface area contributed by atoms with E-state index in [0.29, 0.717) is 6.42 Å². The van der Waals surface area contributed by atoms with Crippen LogP contribution in [-0.4, -0.2) is 89.0 Å². The van der Waals surface area contributed by atoms with Gasteiger partial charge >= 0.3 is 11.9 Å². The lowest BCUT2D eigenvalue weighted by Crippen LogP contribution is -2.59. The predicted octanol–water partition coefficient (Wildman–Crippen LogP) is 7.77. The fraction of sp³-hybridized carbons (Fsp3) is 0.854. The Balaban J connectivity index is 2.39. The molecule has 1 heterocycles. The van der Waals surface area contributed by atoms with Gasteiger partial charge in [-0.2, -0.15) is 0 Å². The van der Waals surface area contributed by atoms with Gasteiger partial charge in [-0.1, -0.05) is 134 Å². The summed E-state index contributed by atoms with van der Waals surface area (Å²) in [4.78, 5) is 25.2. The molecule has 6 atom stereocenters. The van der Waals surface area contributed by atoms with Crippen LogP contribution in [0.3, 0.4) is 0 Å². The third-order valence-electron chi connectivity index (χ3n) is 9.34. The Hall–Kier alpha value is -1.82. The van der Waals surface area contributed by atoms with Gasteiger partial charge in [0.1, 0.15) is 31.0 Å². The summed E-state index contributed by atoms with van der Waals surface area (Å²) in [5.74, 6) is -0.821. The maximum absolute atomic E-state index is 12.7. The SMILES string of the molecule is CCCCC/C=C/C/C=C/CCCCCCCC(=O)O[C@H](COC(=O)CCCCCCCCCCCCC)CO[C@@H]1O[C@H](CO)[C@H](O)C(O)C1O. The van der Waals surface area contributed by atoms with Crippen molar-refractivity contribution in [1.82, 2.24) is 0 Å². The molecule has 0 aromatic heterocycles. The highest BCUT2D eigenvalue weighted by atomic mass is 16.7. The number of unbranched alkanes of at least 4 members (excludes halogenated alkanes) is 18. The summed E-state index contributed by atoms with van der Waals surface area (Å²) in [6.45, 7) is 3.36. The molecular formula is C41H74O10. The molecule has 0 aliphatic carbocycles. The van der Waals surface area contributed by atoms with E-state index in [4.69, 9.17) is 18.9 Å². The average Bonchev–Trinajstić information content (AvgIpc) is 3.13. The van der Waals surface area contributed by atoms with Crippen molar-refractivity contribution in [2.24, 2.45) is 0 Å². The molecule has 10 heteroatoms. The van der Waals surface area contributed by atoms with Gasteiger partial charge in [-0.3, -0.25) is 9.59 Å². The van der Waals surface area contributed by atoms with Crippen molar-refractivity contribution in [3.63, 3.8) is 0 Å².